The summed E-state index contributed by atoms with van der Waals surface area (Å²) in [6, 6.07) is 6.29. The third-order valence-corrected chi connectivity index (χ3v) is 7.79. The number of hydrogen-bond acceptors (Lipinski definition) is 3. The maximum absolute atomic E-state index is 5.38. The molecule has 2 saturated carbocycles. The molecule has 0 radical (unpaired) electrons. The van der Waals surface area contributed by atoms with Crippen LogP contribution >= 0.6 is 0 Å². The quantitative estimate of drug-likeness (QED) is 0.602. The van der Waals surface area contributed by atoms with Crippen molar-refractivity contribution in [3.05, 3.63) is 41.3 Å². The summed E-state index contributed by atoms with van der Waals surface area (Å²) in [4.78, 5) is 7.12. The maximum Gasteiger partial charge on any atom is 0.128 e. The van der Waals surface area contributed by atoms with Crippen LogP contribution in [0.3, 0.4) is 0 Å². The average Bonchev–Trinajstić information content (AvgIpc) is 3.12. The third-order valence-electron chi connectivity index (χ3n) is 7.79. The highest BCUT2D eigenvalue weighted by Crippen LogP contribution is 2.37. The Labute approximate surface area is 182 Å². The fraction of sp³-hybridized carbons (Fsp3) is 0.692. The Hall–Kier alpha value is -1.84. The van der Waals surface area contributed by atoms with Crippen molar-refractivity contribution >= 4 is 5.82 Å². The van der Waals surface area contributed by atoms with Crippen LogP contribution in [0.5, 0.6) is 0 Å². The molecule has 0 spiro atoms. The minimum atomic E-state index is 0.662. The van der Waals surface area contributed by atoms with E-state index in [1.807, 2.05) is 12.3 Å². The summed E-state index contributed by atoms with van der Waals surface area (Å²) in [5.74, 6) is 2.61. The number of pyridine rings is 1. The standard InChI is InChI=1S/C26H38N4/c1-2-7-13-22(14-8-3-1)26-23-20-29(25-15-9-10-17-27-25)18-16-24(23)30(28-26)19-21-11-5-4-6-12-21/h9-10,15,17,21-22H,1-8,11-14,16,18-20H2. The molecule has 0 amide bonds. The summed E-state index contributed by atoms with van der Waals surface area (Å²) in [5, 5.41) is 5.38. The lowest BCUT2D eigenvalue weighted by Gasteiger charge is -2.30. The van der Waals surface area contributed by atoms with Crippen LogP contribution in [-0.2, 0) is 19.5 Å². The van der Waals surface area contributed by atoms with Crippen molar-refractivity contribution in [1.29, 1.82) is 0 Å². The van der Waals surface area contributed by atoms with E-state index < -0.39 is 0 Å². The van der Waals surface area contributed by atoms with Gasteiger partial charge in [0.1, 0.15) is 5.82 Å². The molecule has 4 nitrogen and oxygen atoms in total. The van der Waals surface area contributed by atoms with Crippen molar-refractivity contribution in [1.82, 2.24) is 14.8 Å². The largest absolute Gasteiger partial charge is 0.352 e. The lowest BCUT2D eigenvalue weighted by molar-refractivity contribution is 0.302. The smallest absolute Gasteiger partial charge is 0.128 e. The van der Waals surface area contributed by atoms with Gasteiger partial charge in [-0.1, -0.05) is 57.4 Å². The molecule has 162 valence electrons. The molecule has 4 heteroatoms. The monoisotopic (exact) mass is 406 g/mol. The minimum Gasteiger partial charge on any atom is -0.352 e. The van der Waals surface area contributed by atoms with E-state index in [0.717, 1.165) is 37.8 Å². The number of anilines is 1. The van der Waals surface area contributed by atoms with Crippen molar-refractivity contribution in [2.24, 2.45) is 5.92 Å². The molecule has 1 aliphatic heterocycles. The van der Waals surface area contributed by atoms with E-state index in [0.29, 0.717) is 5.92 Å². The Balaban J connectivity index is 1.44. The van der Waals surface area contributed by atoms with Crippen LogP contribution in [-0.4, -0.2) is 21.3 Å². The second-order valence-corrected chi connectivity index (χ2v) is 9.90. The Morgan fingerprint density at radius 2 is 1.60 bits per heavy atom. The fourth-order valence-corrected chi connectivity index (χ4v) is 6.08. The Kier molecular flexibility index (Phi) is 6.38. The first-order chi connectivity index (χ1) is 14.9. The summed E-state index contributed by atoms with van der Waals surface area (Å²) in [6.07, 6.45) is 19.7. The van der Waals surface area contributed by atoms with Gasteiger partial charge in [0.05, 0.1) is 5.69 Å². The van der Waals surface area contributed by atoms with Gasteiger partial charge in [0.15, 0.2) is 0 Å². The van der Waals surface area contributed by atoms with E-state index in [1.165, 1.54) is 82.7 Å². The van der Waals surface area contributed by atoms with Gasteiger partial charge >= 0.3 is 0 Å². The second kappa shape index (κ2) is 9.53. The van der Waals surface area contributed by atoms with Crippen molar-refractivity contribution in [3.63, 3.8) is 0 Å². The molecular formula is C26H38N4. The predicted molar refractivity (Wildman–Crippen MR) is 123 cm³/mol. The summed E-state index contributed by atoms with van der Waals surface area (Å²) in [5.41, 5.74) is 4.54. The molecule has 5 rings (SSSR count). The first-order valence-electron chi connectivity index (χ1n) is 12.6. The van der Waals surface area contributed by atoms with Gasteiger partial charge in [-0.15, -0.1) is 0 Å². The van der Waals surface area contributed by atoms with E-state index in [9.17, 15) is 0 Å². The van der Waals surface area contributed by atoms with Crippen molar-refractivity contribution in [2.45, 2.75) is 102 Å². The van der Waals surface area contributed by atoms with Gasteiger partial charge in [-0.05, 0) is 43.7 Å². The molecule has 2 fully saturated rings. The normalized spacial score (nSPS) is 21.8. The molecule has 0 unspecified atom stereocenters. The first-order valence-corrected chi connectivity index (χ1v) is 12.6. The Bertz CT molecular complexity index is 798. The highest BCUT2D eigenvalue weighted by Gasteiger charge is 2.30. The molecule has 2 aliphatic carbocycles. The van der Waals surface area contributed by atoms with Gasteiger partial charge in [0.2, 0.25) is 0 Å². The van der Waals surface area contributed by atoms with Gasteiger partial charge in [-0.25, -0.2) is 4.98 Å². The van der Waals surface area contributed by atoms with E-state index in [2.05, 4.69) is 26.7 Å². The molecule has 2 aromatic rings. The molecule has 3 aliphatic rings. The van der Waals surface area contributed by atoms with Gasteiger partial charge in [-0.3, -0.25) is 4.68 Å². The van der Waals surface area contributed by atoms with Crippen molar-refractivity contribution in [2.75, 3.05) is 11.4 Å². The van der Waals surface area contributed by atoms with Crippen LogP contribution in [0.25, 0.3) is 0 Å². The van der Waals surface area contributed by atoms with Crippen LogP contribution in [0, 0.1) is 5.92 Å². The van der Waals surface area contributed by atoms with E-state index >= 15 is 0 Å². The number of rotatable bonds is 4. The molecule has 30 heavy (non-hydrogen) atoms. The van der Waals surface area contributed by atoms with Crippen LogP contribution in [0.4, 0.5) is 5.82 Å². The molecule has 3 heterocycles. The number of aromatic nitrogens is 3. The lowest BCUT2D eigenvalue weighted by atomic mass is 9.86. The summed E-state index contributed by atoms with van der Waals surface area (Å²) in [7, 11) is 0. The van der Waals surface area contributed by atoms with Crippen molar-refractivity contribution in [3.8, 4) is 0 Å². The van der Waals surface area contributed by atoms with Gasteiger partial charge in [0, 0.05) is 49.4 Å². The van der Waals surface area contributed by atoms with Crippen LogP contribution in [0.1, 0.15) is 99.9 Å². The molecule has 0 bridgehead atoms. The second-order valence-electron chi connectivity index (χ2n) is 9.90. The zero-order chi connectivity index (χ0) is 20.2. The molecule has 0 N–H and O–H groups in total. The molecule has 0 saturated heterocycles. The SMILES string of the molecule is c1ccc(N2CCc3c(c(C4CCCCCCC4)nn3CC3CCCCC3)C2)nc1. The Morgan fingerprint density at radius 3 is 2.37 bits per heavy atom. The predicted octanol–water partition coefficient (Wildman–Crippen LogP) is 6.25. The molecule has 0 atom stereocenters. The lowest BCUT2D eigenvalue weighted by Crippen LogP contribution is -2.32. The summed E-state index contributed by atoms with van der Waals surface area (Å²) >= 11 is 0. The zero-order valence-corrected chi connectivity index (χ0v) is 18.6. The molecule has 2 aromatic heterocycles. The number of hydrogen-bond donors (Lipinski definition) is 0. The Morgan fingerprint density at radius 1 is 0.867 bits per heavy atom. The minimum absolute atomic E-state index is 0.662. The molecular weight excluding hydrogens is 368 g/mol. The van der Waals surface area contributed by atoms with E-state index in [1.54, 1.807) is 11.3 Å². The highest BCUT2D eigenvalue weighted by atomic mass is 15.3. The fourth-order valence-electron chi connectivity index (χ4n) is 6.08. The summed E-state index contributed by atoms with van der Waals surface area (Å²) in [6.45, 7) is 3.20. The van der Waals surface area contributed by atoms with Crippen LogP contribution in [0.2, 0.25) is 0 Å². The van der Waals surface area contributed by atoms with Crippen LogP contribution in [0.15, 0.2) is 24.4 Å². The topological polar surface area (TPSA) is 34.0 Å². The first kappa shape index (κ1) is 20.1. The van der Waals surface area contributed by atoms with Gasteiger partial charge in [0.25, 0.3) is 0 Å². The van der Waals surface area contributed by atoms with Crippen molar-refractivity contribution < 1.29 is 0 Å². The number of fused-ring (bicyclic) bond motifs is 1. The maximum atomic E-state index is 5.38. The average molecular weight is 407 g/mol. The van der Waals surface area contributed by atoms with E-state index in [-0.39, 0.29) is 0 Å². The number of nitrogens with zero attached hydrogens (tertiary/aromatic N) is 4. The zero-order valence-electron chi connectivity index (χ0n) is 18.6. The highest BCUT2D eigenvalue weighted by molar-refractivity contribution is 5.44. The third kappa shape index (κ3) is 4.43. The van der Waals surface area contributed by atoms with E-state index in [4.69, 9.17) is 5.10 Å². The van der Waals surface area contributed by atoms with Crippen LogP contribution < -0.4 is 4.90 Å². The van der Waals surface area contributed by atoms with Gasteiger partial charge < -0.3 is 4.90 Å². The molecule has 0 aromatic carbocycles. The summed E-state index contributed by atoms with van der Waals surface area (Å²) < 4.78 is 2.47. The van der Waals surface area contributed by atoms with Gasteiger partial charge in [-0.2, -0.15) is 5.10 Å².